The standard InChI is InChI=1S/C21H28O4.3CO.Fe/c1-3-4-5-9-13-19(23)17(2)20(24)14-10-15-21(25-16-22)18-11-7-6-8-12-18;3*1-2;/h6-8,10-12,14-15,17,19,21,23H,3-5,9,13H2,1-2H3;;;;/q-1;;;;/t17-,19-,21-;;;;/m0..../s1. The normalized spacial score (nSPS) is 11.5. The van der Waals surface area contributed by atoms with E-state index in [1.54, 1.807) is 19.8 Å². The molecule has 0 unspecified atom stereocenters. The summed E-state index contributed by atoms with van der Waals surface area (Å²) in [5.41, 5.74) is 0.798. The third-order valence-corrected chi connectivity index (χ3v) is 4.23. The Morgan fingerprint density at radius 3 is 2.16 bits per heavy atom. The minimum Gasteiger partial charge on any atom is 0 e. The van der Waals surface area contributed by atoms with Crippen LogP contribution in [0.2, 0.25) is 0 Å². The molecule has 3 radical (unpaired) electrons. The summed E-state index contributed by atoms with van der Waals surface area (Å²) in [5, 5.41) is 10.1. The molecule has 1 aromatic carbocycles. The van der Waals surface area contributed by atoms with E-state index in [4.69, 9.17) is 18.7 Å². The van der Waals surface area contributed by atoms with Crippen LogP contribution in [-0.4, -0.2) is 23.5 Å². The van der Waals surface area contributed by atoms with Crippen molar-refractivity contribution in [3.63, 3.8) is 0 Å². The molecule has 1 N–H and O–H groups in total. The Labute approximate surface area is 201 Å². The summed E-state index contributed by atoms with van der Waals surface area (Å²) < 4.78 is 27.4. The maximum atomic E-state index is 12.2. The summed E-state index contributed by atoms with van der Waals surface area (Å²) in [7, 11) is 0. The van der Waals surface area contributed by atoms with Gasteiger partial charge >= 0.3 is 33.9 Å². The summed E-state index contributed by atoms with van der Waals surface area (Å²) >= 11 is 0. The fourth-order valence-electron chi connectivity index (χ4n) is 2.54. The van der Waals surface area contributed by atoms with E-state index in [1.165, 1.54) is 12.9 Å². The van der Waals surface area contributed by atoms with E-state index in [0.717, 1.165) is 31.2 Å². The first kappa shape index (κ1) is 37.4. The van der Waals surface area contributed by atoms with E-state index in [-0.39, 0.29) is 22.9 Å². The number of aliphatic hydroxyl groups is 1. The van der Waals surface area contributed by atoms with Gasteiger partial charge in [0.2, 0.25) is 0 Å². The van der Waals surface area contributed by atoms with Gasteiger partial charge in [0.05, 0.1) is 12.2 Å². The first-order valence-electron chi connectivity index (χ1n) is 9.52. The molecule has 0 fully saturated rings. The number of ether oxygens (including phenoxy) is 1. The Kier molecular flexibility index (Phi) is 33.9. The van der Waals surface area contributed by atoms with Gasteiger partial charge in [0.25, 0.3) is 0 Å². The predicted molar refractivity (Wildman–Crippen MR) is 110 cm³/mol. The zero-order valence-electron chi connectivity index (χ0n) is 18.1. The van der Waals surface area contributed by atoms with E-state index >= 15 is 0 Å². The number of rotatable bonds is 14. The molecule has 1 aromatic rings. The Balaban J connectivity index is -0.000000514. The van der Waals surface area contributed by atoms with Gasteiger partial charge < -0.3 is 14.6 Å². The first-order valence-corrected chi connectivity index (χ1v) is 9.52. The van der Waals surface area contributed by atoms with Crippen molar-refractivity contribution < 1.29 is 50.5 Å². The van der Waals surface area contributed by atoms with Crippen molar-refractivity contribution in [2.75, 3.05) is 0 Å². The van der Waals surface area contributed by atoms with Gasteiger partial charge in [-0.25, -0.2) is 0 Å². The molecule has 0 bridgehead atoms. The molecular formula is C24H28FeO7-. The average molecular weight is 484 g/mol. The molecule has 1 rings (SSSR count). The molecule has 7 nitrogen and oxygen atoms in total. The maximum Gasteiger partial charge on any atom is 0 e. The molecule has 175 valence electrons. The van der Waals surface area contributed by atoms with Crippen molar-refractivity contribution in [3.8, 4) is 0 Å². The minimum absolute atomic E-state index is 0. The summed E-state index contributed by atoms with van der Waals surface area (Å²) in [6, 6.07) is 9.22. The van der Waals surface area contributed by atoms with E-state index in [0.29, 0.717) is 6.42 Å². The quantitative estimate of drug-likeness (QED) is 0.187. The van der Waals surface area contributed by atoms with Crippen LogP contribution < -0.4 is 0 Å². The monoisotopic (exact) mass is 484 g/mol. The summed E-state index contributed by atoms with van der Waals surface area (Å²) in [6.07, 6.45) is 8.35. The Bertz CT molecular complexity index is 600. The van der Waals surface area contributed by atoms with Crippen molar-refractivity contribution in [2.45, 2.75) is 58.2 Å². The maximum absolute atomic E-state index is 12.2. The van der Waals surface area contributed by atoms with Gasteiger partial charge in [-0.3, -0.25) is 4.79 Å². The molecule has 0 spiro atoms. The Morgan fingerprint density at radius 1 is 1.09 bits per heavy atom. The molecule has 0 aliphatic rings. The van der Waals surface area contributed by atoms with Crippen LogP contribution in [0, 0.1) is 45.1 Å². The molecule has 0 aliphatic carbocycles. The van der Waals surface area contributed by atoms with Crippen LogP contribution in [0.25, 0.3) is 0 Å². The second kappa shape index (κ2) is 29.1. The molecule has 0 amide bonds. The van der Waals surface area contributed by atoms with Gasteiger partial charge in [-0.2, -0.15) is 0 Å². The van der Waals surface area contributed by atoms with E-state index in [1.807, 2.05) is 30.3 Å². The van der Waals surface area contributed by atoms with Crippen molar-refractivity contribution in [2.24, 2.45) is 5.92 Å². The number of carbonyl (C=O) groups excluding carboxylic acids is 2. The minimum atomic E-state index is -0.626. The smallest absolute Gasteiger partial charge is 0 e. The molecule has 32 heavy (non-hydrogen) atoms. The van der Waals surface area contributed by atoms with Crippen molar-refractivity contribution in [3.05, 3.63) is 75.1 Å². The number of hydrogen-bond donors (Lipinski definition) is 1. The topological polar surface area (TPSA) is 123 Å². The van der Waals surface area contributed by atoms with Crippen molar-refractivity contribution in [1.82, 2.24) is 0 Å². The second-order valence-electron chi connectivity index (χ2n) is 6.19. The number of hydrogen-bond acceptors (Lipinski definition) is 4. The molecular weight excluding hydrogens is 456 g/mol. The first-order chi connectivity index (χ1) is 15.1. The second-order valence-corrected chi connectivity index (χ2v) is 6.19. The van der Waals surface area contributed by atoms with E-state index in [2.05, 4.69) is 26.9 Å². The third-order valence-electron chi connectivity index (χ3n) is 4.23. The average Bonchev–Trinajstić information content (AvgIpc) is 2.85. The van der Waals surface area contributed by atoms with Gasteiger partial charge in [0.15, 0.2) is 0 Å². The summed E-state index contributed by atoms with van der Waals surface area (Å²) in [5.74, 6) is -0.582. The van der Waals surface area contributed by atoms with E-state index < -0.39 is 18.1 Å². The van der Waals surface area contributed by atoms with Crippen LogP contribution in [0.1, 0.15) is 57.6 Å². The largest absolute Gasteiger partial charge is 0 e. The Morgan fingerprint density at radius 2 is 1.66 bits per heavy atom. The number of unbranched alkanes of at least 4 members (excludes halogenated alkanes) is 3. The van der Waals surface area contributed by atoms with Crippen LogP contribution in [-0.2, 0) is 45.4 Å². The van der Waals surface area contributed by atoms with Crippen molar-refractivity contribution in [1.29, 1.82) is 0 Å². The molecule has 8 heteroatoms. The summed E-state index contributed by atoms with van der Waals surface area (Å²) in [4.78, 5) is 22.7. The van der Waals surface area contributed by atoms with Crippen LogP contribution in [0.4, 0.5) is 0 Å². The van der Waals surface area contributed by atoms with Crippen LogP contribution >= 0.6 is 0 Å². The molecule has 3 atom stereocenters. The predicted octanol–water partition coefficient (Wildman–Crippen LogP) is 3.85. The van der Waals surface area contributed by atoms with Crippen LogP contribution in [0.3, 0.4) is 0 Å². The third kappa shape index (κ3) is 18.8. The SMILES string of the molecule is CCCCCC[C@H](O)[C@H](C)C(=O)[CH][CH][CH][C@H](O[C-]=O)c1ccccc1.[C-]#[O+].[C-]#[O+].[C-]#[O+].[Fe]. The molecule has 0 aliphatic heterocycles. The fourth-order valence-corrected chi connectivity index (χ4v) is 2.54. The van der Waals surface area contributed by atoms with E-state index in [9.17, 15) is 14.7 Å². The number of ketones is 1. The Hall–Kier alpha value is -1.94. The molecule has 0 saturated carbocycles. The van der Waals surface area contributed by atoms with Gasteiger partial charge in [-0.15, -0.1) is 0 Å². The van der Waals surface area contributed by atoms with Crippen LogP contribution in [0.5, 0.6) is 0 Å². The summed E-state index contributed by atoms with van der Waals surface area (Å²) in [6.45, 7) is 18.8. The van der Waals surface area contributed by atoms with Gasteiger partial charge in [-0.1, -0.05) is 76.3 Å². The zero-order valence-corrected chi connectivity index (χ0v) is 19.2. The van der Waals surface area contributed by atoms with Gasteiger partial charge in [0, 0.05) is 35.8 Å². The fraction of sp³-hybridized carbons (Fsp3) is 0.417. The van der Waals surface area contributed by atoms with Gasteiger partial charge in [0.1, 0.15) is 5.78 Å². The zero-order chi connectivity index (χ0) is 24.5. The number of benzene rings is 1. The number of carbonyl (C=O) groups is 1. The molecule has 0 saturated heterocycles. The van der Waals surface area contributed by atoms with Crippen molar-refractivity contribution >= 4 is 12.3 Å². The molecule has 0 heterocycles. The van der Waals surface area contributed by atoms with Gasteiger partial charge in [-0.05, 0) is 18.4 Å². The number of aliphatic hydroxyl groups excluding tert-OH is 1. The number of Topliss-reactive ketones (excluding diaryl/α,β-unsaturated/α-hetero) is 1. The van der Waals surface area contributed by atoms with Crippen LogP contribution in [0.15, 0.2) is 30.3 Å². The molecule has 0 aromatic heterocycles.